The summed E-state index contributed by atoms with van der Waals surface area (Å²) in [6, 6.07) is 13.9. The summed E-state index contributed by atoms with van der Waals surface area (Å²) < 4.78 is 37.2. The molecule has 7 heteroatoms. The van der Waals surface area contributed by atoms with Gasteiger partial charge in [0.15, 0.2) is 0 Å². The molecule has 1 heterocycles. The Morgan fingerprint density at radius 1 is 1.05 bits per heavy atom. The summed E-state index contributed by atoms with van der Waals surface area (Å²) >= 11 is 1.17. The number of H-pyrrole nitrogens is 1. The second-order valence-electron chi connectivity index (χ2n) is 4.43. The van der Waals surface area contributed by atoms with Crippen LogP contribution in [0.5, 0.6) is 0 Å². The third-order valence-corrected chi connectivity index (χ3v) is 3.83. The van der Waals surface area contributed by atoms with Crippen molar-refractivity contribution in [3.63, 3.8) is 0 Å². The number of thioether (sulfide) groups is 1. The van der Waals surface area contributed by atoms with Crippen molar-refractivity contribution in [1.82, 2.24) is 15.2 Å². The van der Waals surface area contributed by atoms with Crippen LogP contribution in [0, 0.1) is 0 Å². The fraction of sp³-hybridized carbons (Fsp3) is 0.143. The molecule has 0 spiro atoms. The number of hydrogen-bond acceptors (Lipinski definition) is 3. The minimum atomic E-state index is -4.49. The molecule has 3 aromatic rings. The lowest BCUT2D eigenvalue weighted by molar-refractivity contribution is -0.144. The van der Waals surface area contributed by atoms with E-state index >= 15 is 0 Å². The molecule has 0 radical (unpaired) electrons. The average molecular weight is 309 g/mol. The molecule has 108 valence electrons. The van der Waals surface area contributed by atoms with Crippen molar-refractivity contribution in [2.75, 3.05) is 0 Å². The molecule has 1 aromatic heterocycles. The number of nitrogens with one attached hydrogen (secondary N) is 1. The fourth-order valence-electron chi connectivity index (χ4n) is 1.91. The highest BCUT2D eigenvalue weighted by Crippen LogP contribution is 2.28. The molecule has 2 aromatic carbocycles. The van der Waals surface area contributed by atoms with E-state index in [0.29, 0.717) is 5.75 Å². The first-order chi connectivity index (χ1) is 10.0. The summed E-state index contributed by atoms with van der Waals surface area (Å²) in [5, 5.41) is 7.79. The average Bonchev–Trinajstić information content (AvgIpc) is 2.94. The molecule has 0 aliphatic heterocycles. The van der Waals surface area contributed by atoms with E-state index in [4.69, 9.17) is 0 Å². The summed E-state index contributed by atoms with van der Waals surface area (Å²) in [6.07, 6.45) is -4.49. The quantitative estimate of drug-likeness (QED) is 0.735. The van der Waals surface area contributed by atoms with Crippen LogP contribution >= 0.6 is 11.8 Å². The standard InChI is InChI=1S/C14H10F3N3S/c15-14(16,17)12-18-13(20-19-12)21-8-9-5-6-10-3-1-2-4-11(10)7-9/h1-7H,8H2,(H,18,19,20). The van der Waals surface area contributed by atoms with Crippen molar-refractivity contribution >= 4 is 22.5 Å². The molecule has 0 aliphatic rings. The van der Waals surface area contributed by atoms with Gasteiger partial charge in [0.2, 0.25) is 11.0 Å². The summed E-state index contributed by atoms with van der Waals surface area (Å²) in [7, 11) is 0. The Balaban J connectivity index is 1.73. The van der Waals surface area contributed by atoms with Crippen LogP contribution in [0.2, 0.25) is 0 Å². The summed E-state index contributed by atoms with van der Waals surface area (Å²) in [6.45, 7) is 0. The Morgan fingerprint density at radius 3 is 2.52 bits per heavy atom. The van der Waals surface area contributed by atoms with Gasteiger partial charge in [0.25, 0.3) is 0 Å². The van der Waals surface area contributed by atoms with Gasteiger partial charge in [-0.2, -0.15) is 18.2 Å². The zero-order chi connectivity index (χ0) is 14.9. The van der Waals surface area contributed by atoms with Gasteiger partial charge in [-0.25, -0.2) is 0 Å². The summed E-state index contributed by atoms with van der Waals surface area (Å²) in [4.78, 5) is 3.43. The van der Waals surface area contributed by atoms with E-state index in [0.717, 1.165) is 16.3 Å². The Bertz CT molecular complexity index is 767. The van der Waals surface area contributed by atoms with E-state index in [9.17, 15) is 13.2 Å². The molecule has 0 aliphatic carbocycles. The van der Waals surface area contributed by atoms with E-state index in [-0.39, 0.29) is 5.16 Å². The maximum atomic E-state index is 12.4. The number of aromatic amines is 1. The maximum Gasteiger partial charge on any atom is 0.451 e. The molecule has 1 N–H and O–H groups in total. The van der Waals surface area contributed by atoms with Crippen LogP contribution in [0.3, 0.4) is 0 Å². The third-order valence-electron chi connectivity index (χ3n) is 2.92. The first kappa shape index (κ1) is 13.9. The van der Waals surface area contributed by atoms with Crippen LogP contribution in [-0.4, -0.2) is 15.2 Å². The molecule has 0 saturated carbocycles. The fourth-order valence-corrected chi connectivity index (χ4v) is 2.66. The van der Waals surface area contributed by atoms with Gasteiger partial charge in [-0.05, 0) is 16.3 Å². The van der Waals surface area contributed by atoms with Gasteiger partial charge in [-0.1, -0.05) is 54.2 Å². The monoisotopic (exact) mass is 309 g/mol. The number of aromatic nitrogens is 3. The topological polar surface area (TPSA) is 41.6 Å². The van der Waals surface area contributed by atoms with Gasteiger partial charge >= 0.3 is 6.18 Å². The predicted octanol–water partition coefficient (Wildman–Crippen LogP) is 4.27. The van der Waals surface area contributed by atoms with Crippen LogP contribution in [0.1, 0.15) is 11.4 Å². The van der Waals surface area contributed by atoms with Crippen molar-refractivity contribution in [3.05, 3.63) is 53.9 Å². The molecule has 0 atom stereocenters. The number of rotatable bonds is 3. The third kappa shape index (κ3) is 3.18. The number of nitrogens with zero attached hydrogens (tertiary/aromatic N) is 2. The van der Waals surface area contributed by atoms with Crippen molar-refractivity contribution in [2.45, 2.75) is 17.1 Å². The molecule has 0 unspecified atom stereocenters. The molecular weight excluding hydrogens is 299 g/mol. The summed E-state index contributed by atoms with van der Waals surface area (Å²) in [5.74, 6) is -0.552. The van der Waals surface area contributed by atoms with Gasteiger partial charge in [-0.3, -0.25) is 5.10 Å². The first-order valence-corrected chi connectivity index (χ1v) is 7.11. The van der Waals surface area contributed by atoms with Crippen molar-refractivity contribution in [3.8, 4) is 0 Å². The number of halogens is 3. The highest BCUT2D eigenvalue weighted by molar-refractivity contribution is 7.98. The van der Waals surface area contributed by atoms with Gasteiger partial charge in [0.1, 0.15) is 0 Å². The van der Waals surface area contributed by atoms with Gasteiger partial charge in [-0.15, -0.1) is 5.10 Å². The Kier molecular flexibility index (Phi) is 3.59. The zero-order valence-corrected chi connectivity index (χ0v) is 11.5. The molecule has 0 amide bonds. The molecule has 0 fully saturated rings. The lowest BCUT2D eigenvalue weighted by Crippen LogP contribution is -2.07. The molecule has 0 bridgehead atoms. The maximum absolute atomic E-state index is 12.4. The summed E-state index contributed by atoms with van der Waals surface area (Å²) in [5.41, 5.74) is 1.01. The van der Waals surface area contributed by atoms with E-state index in [1.54, 1.807) is 0 Å². The number of alkyl halides is 3. The van der Waals surface area contributed by atoms with Crippen LogP contribution in [0.15, 0.2) is 47.6 Å². The number of benzene rings is 2. The van der Waals surface area contributed by atoms with Crippen LogP contribution < -0.4 is 0 Å². The Labute approximate surface area is 122 Å². The minimum absolute atomic E-state index is 0.0930. The largest absolute Gasteiger partial charge is 0.451 e. The molecular formula is C14H10F3N3S. The molecule has 3 rings (SSSR count). The SMILES string of the molecule is FC(F)(F)c1nc(SCc2ccc3ccccc3c2)n[nH]1. The lowest BCUT2D eigenvalue weighted by atomic mass is 10.1. The van der Waals surface area contributed by atoms with E-state index < -0.39 is 12.0 Å². The van der Waals surface area contributed by atoms with Crippen molar-refractivity contribution in [1.29, 1.82) is 0 Å². The van der Waals surface area contributed by atoms with Crippen LogP contribution in [-0.2, 0) is 11.9 Å². The smallest absolute Gasteiger partial charge is 0.254 e. The highest BCUT2D eigenvalue weighted by Gasteiger charge is 2.35. The van der Waals surface area contributed by atoms with Crippen molar-refractivity contribution in [2.24, 2.45) is 0 Å². The van der Waals surface area contributed by atoms with E-state index in [2.05, 4.69) is 10.1 Å². The van der Waals surface area contributed by atoms with Crippen molar-refractivity contribution < 1.29 is 13.2 Å². The zero-order valence-electron chi connectivity index (χ0n) is 10.7. The van der Waals surface area contributed by atoms with E-state index in [1.165, 1.54) is 11.8 Å². The number of hydrogen-bond donors (Lipinski definition) is 1. The van der Waals surface area contributed by atoms with Crippen LogP contribution in [0.4, 0.5) is 13.2 Å². The van der Waals surface area contributed by atoms with E-state index in [1.807, 2.05) is 47.6 Å². The number of fused-ring (bicyclic) bond motifs is 1. The van der Waals surface area contributed by atoms with Gasteiger partial charge in [0.05, 0.1) is 0 Å². The minimum Gasteiger partial charge on any atom is -0.254 e. The second-order valence-corrected chi connectivity index (χ2v) is 5.38. The second kappa shape index (κ2) is 5.40. The first-order valence-electron chi connectivity index (χ1n) is 6.12. The highest BCUT2D eigenvalue weighted by atomic mass is 32.2. The van der Waals surface area contributed by atoms with Crippen LogP contribution in [0.25, 0.3) is 10.8 Å². The predicted molar refractivity (Wildman–Crippen MR) is 74.9 cm³/mol. The molecule has 0 saturated heterocycles. The normalized spacial score (nSPS) is 12.0. The molecule has 3 nitrogen and oxygen atoms in total. The van der Waals surface area contributed by atoms with Gasteiger partial charge < -0.3 is 0 Å². The molecule has 21 heavy (non-hydrogen) atoms. The Hall–Kier alpha value is -2.02. The lowest BCUT2D eigenvalue weighted by Gasteiger charge is -2.02. The Morgan fingerprint density at radius 2 is 1.81 bits per heavy atom. The van der Waals surface area contributed by atoms with Gasteiger partial charge in [0, 0.05) is 5.75 Å².